The molecular formula is C23H24ClN5O2. The first-order valence-corrected chi connectivity index (χ1v) is 11.1. The average molecular weight is 438 g/mol. The number of rotatable bonds is 3. The summed E-state index contributed by atoms with van der Waals surface area (Å²) in [6.07, 6.45) is 4.28. The lowest BCUT2D eigenvalue weighted by Gasteiger charge is -2.36. The van der Waals surface area contributed by atoms with E-state index in [2.05, 4.69) is 10.1 Å². The number of aryl methyl sites for hydroxylation is 2. The van der Waals surface area contributed by atoms with Crippen LogP contribution in [0.5, 0.6) is 0 Å². The van der Waals surface area contributed by atoms with Gasteiger partial charge in [-0.05, 0) is 44.7 Å². The quantitative estimate of drug-likeness (QED) is 0.617. The lowest BCUT2D eigenvalue weighted by Crippen LogP contribution is -2.49. The Kier molecular flexibility index (Phi) is 5.36. The molecule has 2 aliphatic rings. The highest BCUT2D eigenvalue weighted by molar-refractivity contribution is 6.30. The molecule has 3 heterocycles. The lowest BCUT2D eigenvalue weighted by atomic mass is 9.95. The average Bonchev–Trinajstić information content (AvgIpc) is 3.24. The Bertz CT molecular complexity index is 1120. The van der Waals surface area contributed by atoms with Crippen LogP contribution in [0.2, 0.25) is 5.02 Å². The van der Waals surface area contributed by atoms with Crippen LogP contribution in [0.1, 0.15) is 40.3 Å². The van der Waals surface area contributed by atoms with E-state index in [0.29, 0.717) is 35.4 Å². The molecule has 0 unspecified atom stereocenters. The molecule has 160 valence electrons. The summed E-state index contributed by atoms with van der Waals surface area (Å²) in [5, 5.41) is 4.50. The van der Waals surface area contributed by atoms with Crippen LogP contribution in [0, 0.1) is 6.92 Å². The standard InChI is InChI=1S/C23H24ClN5O2/c1-15-13-20(31-27-15)23(30)29-11-9-28(10-12-29)22-18-7-2-3-8-19(18)25-21(26-22)16-5-4-6-17(24)14-16/h4-6,13-14H,2-3,7-12H2,1H3. The van der Waals surface area contributed by atoms with Crippen LogP contribution in [-0.4, -0.2) is 52.1 Å². The van der Waals surface area contributed by atoms with Gasteiger partial charge in [0.2, 0.25) is 5.76 Å². The van der Waals surface area contributed by atoms with Gasteiger partial charge in [-0.15, -0.1) is 0 Å². The number of hydrogen-bond acceptors (Lipinski definition) is 6. The maximum Gasteiger partial charge on any atom is 0.292 e. The Hall–Kier alpha value is -2.93. The molecule has 0 radical (unpaired) electrons. The number of amides is 1. The fraction of sp³-hybridized carbons (Fsp3) is 0.391. The zero-order valence-corrected chi connectivity index (χ0v) is 18.2. The predicted octanol–water partition coefficient (Wildman–Crippen LogP) is 3.93. The fourth-order valence-corrected chi connectivity index (χ4v) is 4.52. The highest BCUT2D eigenvalue weighted by atomic mass is 35.5. The van der Waals surface area contributed by atoms with Gasteiger partial charge in [-0.1, -0.05) is 28.9 Å². The molecule has 1 amide bonds. The van der Waals surface area contributed by atoms with Gasteiger partial charge in [-0.2, -0.15) is 0 Å². The molecule has 8 heteroatoms. The number of anilines is 1. The molecule has 0 spiro atoms. The first-order valence-electron chi connectivity index (χ1n) is 10.7. The van der Waals surface area contributed by atoms with Crippen molar-refractivity contribution in [2.45, 2.75) is 32.6 Å². The molecular weight excluding hydrogens is 414 g/mol. The Morgan fingerprint density at radius 2 is 1.87 bits per heavy atom. The third-order valence-electron chi connectivity index (χ3n) is 5.95. The Balaban J connectivity index is 1.41. The maximum absolute atomic E-state index is 12.7. The first kappa shape index (κ1) is 20.0. The summed E-state index contributed by atoms with van der Waals surface area (Å²) in [4.78, 5) is 26.7. The fourth-order valence-electron chi connectivity index (χ4n) is 4.33. The summed E-state index contributed by atoms with van der Waals surface area (Å²) >= 11 is 6.21. The van der Waals surface area contributed by atoms with E-state index in [1.54, 1.807) is 6.07 Å². The Labute approximate surface area is 186 Å². The van der Waals surface area contributed by atoms with E-state index in [1.807, 2.05) is 36.1 Å². The molecule has 1 aliphatic heterocycles. The number of hydrogen-bond donors (Lipinski definition) is 0. The number of carbonyl (C=O) groups excluding carboxylic acids is 1. The van der Waals surface area contributed by atoms with Gasteiger partial charge in [0, 0.05) is 54.1 Å². The van der Waals surface area contributed by atoms with Crippen molar-refractivity contribution in [3.63, 3.8) is 0 Å². The molecule has 1 aliphatic carbocycles. The summed E-state index contributed by atoms with van der Waals surface area (Å²) in [5.41, 5.74) is 4.03. The van der Waals surface area contributed by atoms with Gasteiger partial charge in [0.15, 0.2) is 5.82 Å². The van der Waals surface area contributed by atoms with Crippen molar-refractivity contribution in [1.29, 1.82) is 0 Å². The third-order valence-corrected chi connectivity index (χ3v) is 6.18. The number of carbonyl (C=O) groups is 1. The summed E-state index contributed by atoms with van der Waals surface area (Å²) < 4.78 is 5.15. The van der Waals surface area contributed by atoms with E-state index < -0.39 is 0 Å². The van der Waals surface area contributed by atoms with Crippen LogP contribution in [-0.2, 0) is 12.8 Å². The van der Waals surface area contributed by atoms with Crippen molar-refractivity contribution in [1.82, 2.24) is 20.0 Å². The highest BCUT2D eigenvalue weighted by Gasteiger charge is 2.28. The monoisotopic (exact) mass is 437 g/mol. The third kappa shape index (κ3) is 4.02. The van der Waals surface area contributed by atoms with E-state index in [9.17, 15) is 4.79 Å². The van der Waals surface area contributed by atoms with Crippen molar-refractivity contribution in [2.24, 2.45) is 0 Å². The van der Waals surface area contributed by atoms with E-state index in [-0.39, 0.29) is 5.91 Å². The van der Waals surface area contributed by atoms with Gasteiger partial charge < -0.3 is 14.3 Å². The van der Waals surface area contributed by atoms with Gasteiger partial charge in [-0.25, -0.2) is 9.97 Å². The van der Waals surface area contributed by atoms with Crippen LogP contribution in [0.4, 0.5) is 5.82 Å². The van der Waals surface area contributed by atoms with Gasteiger partial charge in [0.1, 0.15) is 5.82 Å². The number of benzene rings is 1. The van der Waals surface area contributed by atoms with E-state index in [1.165, 1.54) is 5.56 Å². The number of nitrogens with zero attached hydrogens (tertiary/aromatic N) is 5. The Morgan fingerprint density at radius 3 is 2.61 bits per heavy atom. The van der Waals surface area contributed by atoms with Crippen molar-refractivity contribution in [3.05, 3.63) is 58.1 Å². The number of fused-ring (bicyclic) bond motifs is 1. The van der Waals surface area contributed by atoms with Crippen molar-refractivity contribution < 1.29 is 9.32 Å². The van der Waals surface area contributed by atoms with E-state index in [0.717, 1.165) is 55.8 Å². The molecule has 2 aromatic heterocycles. The van der Waals surface area contributed by atoms with Crippen LogP contribution < -0.4 is 4.90 Å². The van der Waals surface area contributed by atoms with E-state index in [4.69, 9.17) is 26.1 Å². The molecule has 1 saturated heterocycles. The molecule has 0 saturated carbocycles. The van der Waals surface area contributed by atoms with Crippen molar-refractivity contribution in [2.75, 3.05) is 31.1 Å². The summed E-state index contributed by atoms with van der Waals surface area (Å²) in [6.45, 7) is 4.48. The molecule has 1 fully saturated rings. The minimum atomic E-state index is -0.107. The van der Waals surface area contributed by atoms with Crippen LogP contribution in [0.15, 0.2) is 34.9 Å². The number of piperazine rings is 1. The number of halogens is 1. The topological polar surface area (TPSA) is 75.4 Å². The summed E-state index contributed by atoms with van der Waals surface area (Å²) in [7, 11) is 0. The smallest absolute Gasteiger partial charge is 0.292 e. The number of aromatic nitrogens is 3. The first-order chi connectivity index (χ1) is 15.1. The van der Waals surface area contributed by atoms with Crippen LogP contribution in [0.25, 0.3) is 11.4 Å². The second kappa shape index (κ2) is 8.30. The molecule has 31 heavy (non-hydrogen) atoms. The zero-order valence-electron chi connectivity index (χ0n) is 17.5. The maximum atomic E-state index is 12.7. The second-order valence-corrected chi connectivity index (χ2v) is 8.56. The second-order valence-electron chi connectivity index (χ2n) is 8.13. The van der Waals surface area contributed by atoms with Gasteiger partial charge >= 0.3 is 0 Å². The minimum Gasteiger partial charge on any atom is -0.353 e. The molecule has 1 aromatic carbocycles. The molecule has 5 rings (SSSR count). The van der Waals surface area contributed by atoms with E-state index >= 15 is 0 Å². The zero-order chi connectivity index (χ0) is 21.4. The summed E-state index contributed by atoms with van der Waals surface area (Å²) in [5.74, 6) is 1.91. The normalized spacial score (nSPS) is 16.3. The molecule has 3 aromatic rings. The SMILES string of the molecule is Cc1cc(C(=O)N2CCN(c3nc(-c4cccc(Cl)c4)nc4c3CCCC4)CC2)on1. The molecule has 0 bridgehead atoms. The van der Waals surface area contributed by atoms with Gasteiger partial charge in [0.25, 0.3) is 5.91 Å². The largest absolute Gasteiger partial charge is 0.353 e. The van der Waals surface area contributed by atoms with Gasteiger partial charge in [0.05, 0.1) is 5.69 Å². The van der Waals surface area contributed by atoms with Crippen molar-refractivity contribution in [3.8, 4) is 11.4 Å². The highest BCUT2D eigenvalue weighted by Crippen LogP contribution is 2.32. The summed E-state index contributed by atoms with van der Waals surface area (Å²) in [6, 6.07) is 9.38. The molecule has 0 atom stereocenters. The van der Waals surface area contributed by atoms with Crippen LogP contribution >= 0.6 is 11.6 Å². The van der Waals surface area contributed by atoms with Crippen molar-refractivity contribution >= 4 is 23.3 Å². The minimum absolute atomic E-state index is 0.107. The van der Waals surface area contributed by atoms with Gasteiger partial charge in [-0.3, -0.25) is 4.79 Å². The Morgan fingerprint density at radius 1 is 1.06 bits per heavy atom. The van der Waals surface area contributed by atoms with Crippen LogP contribution in [0.3, 0.4) is 0 Å². The lowest BCUT2D eigenvalue weighted by molar-refractivity contribution is 0.0704. The molecule has 7 nitrogen and oxygen atoms in total. The predicted molar refractivity (Wildman–Crippen MR) is 118 cm³/mol. The molecule has 0 N–H and O–H groups in total.